The summed E-state index contributed by atoms with van der Waals surface area (Å²) >= 11 is 0. The van der Waals surface area contributed by atoms with Crippen molar-refractivity contribution in [2.24, 2.45) is 7.05 Å². The van der Waals surface area contributed by atoms with Gasteiger partial charge in [0.1, 0.15) is 17.7 Å². The lowest BCUT2D eigenvalue weighted by atomic mass is 9.91. The highest BCUT2D eigenvalue weighted by atomic mass is 32.2. The van der Waals surface area contributed by atoms with E-state index < -0.39 is 32.7 Å². The fourth-order valence-corrected chi connectivity index (χ4v) is 5.28. The highest BCUT2D eigenvalue weighted by Crippen LogP contribution is 2.36. The molecule has 0 saturated heterocycles. The molecule has 2 aromatic heterocycles. The van der Waals surface area contributed by atoms with Crippen molar-refractivity contribution in [2.45, 2.75) is 30.7 Å². The lowest BCUT2D eigenvalue weighted by Gasteiger charge is -2.16. The van der Waals surface area contributed by atoms with Crippen molar-refractivity contribution >= 4 is 27.7 Å². The van der Waals surface area contributed by atoms with E-state index >= 15 is 0 Å². The number of nitrogens with zero attached hydrogens (tertiary/aromatic N) is 5. The number of rotatable bonds is 6. The Labute approximate surface area is 207 Å². The van der Waals surface area contributed by atoms with E-state index in [-0.39, 0.29) is 17.9 Å². The molecule has 2 amide bonds. The Hall–Kier alpha value is -4.11. The van der Waals surface area contributed by atoms with E-state index in [0.717, 1.165) is 10.7 Å². The minimum atomic E-state index is -4.38. The molecule has 1 aromatic carbocycles. The van der Waals surface area contributed by atoms with Crippen LogP contribution < -0.4 is 4.72 Å². The number of nitrogens with one attached hydrogen (secondary N) is 1. The smallest absolute Gasteiger partial charge is 0.283 e. The van der Waals surface area contributed by atoms with Crippen LogP contribution in [0.5, 0.6) is 0 Å². The van der Waals surface area contributed by atoms with Gasteiger partial charge in [-0.1, -0.05) is 6.57 Å². The molecule has 186 valence electrons. The maximum atomic E-state index is 14.9. The number of hydrogen-bond acceptors (Lipinski definition) is 6. The van der Waals surface area contributed by atoms with Crippen molar-refractivity contribution in [3.63, 3.8) is 0 Å². The summed E-state index contributed by atoms with van der Waals surface area (Å²) < 4.78 is 43.8. The lowest BCUT2D eigenvalue weighted by Crippen LogP contribution is -2.32. The van der Waals surface area contributed by atoms with Gasteiger partial charge in [-0.2, -0.15) is 13.5 Å². The third kappa shape index (κ3) is 4.70. The Morgan fingerprint density at radius 3 is 2.64 bits per heavy atom. The van der Waals surface area contributed by atoms with Crippen LogP contribution in [0.25, 0.3) is 16.0 Å². The maximum absolute atomic E-state index is 14.9. The quantitative estimate of drug-likeness (QED) is 0.509. The molecule has 1 aliphatic carbocycles. The summed E-state index contributed by atoms with van der Waals surface area (Å²) in [6.07, 6.45) is 2.88. The monoisotopic (exact) mass is 510 g/mol. The minimum Gasteiger partial charge on any atom is -0.361 e. The fourth-order valence-electron chi connectivity index (χ4n) is 4.31. The number of pyridine rings is 1. The fraction of sp³-hybridized carbons (Fsp3) is 0.292. The van der Waals surface area contributed by atoms with Crippen molar-refractivity contribution < 1.29 is 22.4 Å². The molecule has 1 N–H and O–H groups in total. The first-order chi connectivity index (χ1) is 17.0. The Morgan fingerprint density at radius 1 is 1.22 bits per heavy atom. The lowest BCUT2D eigenvalue weighted by molar-refractivity contribution is -0.118. The van der Waals surface area contributed by atoms with Gasteiger partial charge in [-0.25, -0.2) is 9.11 Å². The second-order valence-electron chi connectivity index (χ2n) is 8.61. The van der Waals surface area contributed by atoms with Gasteiger partial charge >= 0.3 is 0 Å². The Morgan fingerprint density at radius 2 is 1.94 bits per heavy atom. The molecule has 12 heteroatoms. The van der Waals surface area contributed by atoms with Gasteiger partial charge in [0.25, 0.3) is 21.7 Å². The number of sulfonamides is 1. The molecule has 0 radical (unpaired) electrons. The van der Waals surface area contributed by atoms with Crippen molar-refractivity contribution in [3.8, 4) is 11.1 Å². The Kier molecular flexibility index (Phi) is 6.60. The SMILES string of the molecule is [C-]#[N+]c1cc(-c2cc(F)c3c(c2CC(=O)NS(=O)(=O)c2cc(C(=O)N(C)C)n(C)n2)CCC3)ccn1. The zero-order valence-corrected chi connectivity index (χ0v) is 20.7. The highest BCUT2D eigenvalue weighted by molar-refractivity contribution is 7.90. The average molecular weight is 511 g/mol. The molecule has 0 unspecified atom stereocenters. The van der Waals surface area contributed by atoms with Crippen LogP contribution in [-0.2, 0) is 41.1 Å². The molecule has 0 bridgehead atoms. The normalized spacial score (nSPS) is 12.6. The minimum absolute atomic E-state index is 0.0414. The predicted octanol–water partition coefficient (Wildman–Crippen LogP) is 2.41. The molecular formula is C24H23FN6O4S. The van der Waals surface area contributed by atoms with Gasteiger partial charge < -0.3 is 9.74 Å². The molecule has 0 aliphatic heterocycles. The number of halogens is 1. The van der Waals surface area contributed by atoms with Gasteiger partial charge in [0, 0.05) is 27.2 Å². The summed E-state index contributed by atoms with van der Waals surface area (Å²) in [6, 6.07) is 5.53. The number of aryl methyl sites for hydroxylation is 1. The molecule has 3 aromatic rings. The van der Waals surface area contributed by atoms with Crippen molar-refractivity contribution in [3.05, 3.63) is 70.1 Å². The first-order valence-electron chi connectivity index (χ1n) is 11.0. The van der Waals surface area contributed by atoms with E-state index in [2.05, 4.69) is 14.9 Å². The highest BCUT2D eigenvalue weighted by Gasteiger charge is 2.28. The van der Waals surface area contributed by atoms with Crippen molar-refractivity contribution in [1.29, 1.82) is 0 Å². The number of aromatic nitrogens is 3. The standard InChI is InChI=1S/C24H23FN6O4S/c1-26-21-10-14(8-9-27-21)17-11-19(25)16-7-5-6-15(16)18(17)12-22(32)29-36(34,35)23-13-20(31(4)28-23)24(33)30(2)3/h8-11,13H,5-7,12H2,2-4H3,(H,29,32). The van der Waals surface area contributed by atoms with E-state index in [4.69, 9.17) is 6.57 Å². The zero-order valence-electron chi connectivity index (χ0n) is 19.9. The summed E-state index contributed by atoms with van der Waals surface area (Å²) in [5.41, 5.74) is 2.65. The molecule has 2 heterocycles. The number of fused-ring (bicyclic) bond motifs is 1. The summed E-state index contributed by atoms with van der Waals surface area (Å²) in [4.78, 5) is 33.8. The van der Waals surface area contributed by atoms with Crippen LogP contribution >= 0.6 is 0 Å². The molecule has 1 aliphatic rings. The van der Waals surface area contributed by atoms with Crippen LogP contribution in [0.1, 0.15) is 33.6 Å². The van der Waals surface area contributed by atoms with Gasteiger partial charge in [-0.05, 0) is 65.3 Å². The number of carbonyl (C=O) groups is 2. The van der Waals surface area contributed by atoms with E-state index in [9.17, 15) is 22.4 Å². The first kappa shape index (κ1) is 25.0. The number of carbonyl (C=O) groups excluding carboxylic acids is 2. The molecule has 0 fully saturated rings. The third-order valence-electron chi connectivity index (χ3n) is 5.98. The van der Waals surface area contributed by atoms with Crippen LogP contribution in [0.3, 0.4) is 0 Å². The van der Waals surface area contributed by atoms with Gasteiger partial charge in [-0.15, -0.1) is 4.98 Å². The first-order valence-corrected chi connectivity index (χ1v) is 12.5. The van der Waals surface area contributed by atoms with Gasteiger partial charge in [0.05, 0.1) is 6.42 Å². The van der Waals surface area contributed by atoms with Crippen molar-refractivity contribution in [2.75, 3.05) is 14.1 Å². The maximum Gasteiger partial charge on any atom is 0.283 e. The number of hydrogen-bond donors (Lipinski definition) is 1. The van der Waals surface area contributed by atoms with E-state index in [1.165, 1.54) is 44.4 Å². The Bertz CT molecular complexity index is 1540. The number of benzene rings is 1. The molecule has 0 atom stereocenters. The second-order valence-corrected chi connectivity index (χ2v) is 10.2. The van der Waals surface area contributed by atoms with Crippen LogP contribution in [0, 0.1) is 12.4 Å². The van der Waals surface area contributed by atoms with E-state index in [1.807, 2.05) is 4.72 Å². The van der Waals surface area contributed by atoms with E-state index in [0.29, 0.717) is 47.1 Å². The molecular weight excluding hydrogens is 487 g/mol. The molecule has 0 saturated carbocycles. The molecule has 0 spiro atoms. The summed E-state index contributed by atoms with van der Waals surface area (Å²) in [5.74, 6) is -1.56. The average Bonchev–Trinajstić information content (AvgIpc) is 3.48. The zero-order chi connectivity index (χ0) is 26.2. The van der Waals surface area contributed by atoms with Gasteiger partial charge in [-0.3, -0.25) is 14.3 Å². The number of amides is 2. The Balaban J connectivity index is 1.68. The molecule has 10 nitrogen and oxygen atoms in total. The largest absolute Gasteiger partial charge is 0.361 e. The molecule has 36 heavy (non-hydrogen) atoms. The molecule has 4 rings (SSSR count). The summed E-state index contributed by atoms with van der Waals surface area (Å²) in [5, 5.41) is 3.41. The predicted molar refractivity (Wildman–Crippen MR) is 128 cm³/mol. The van der Waals surface area contributed by atoms with Crippen LogP contribution in [0.15, 0.2) is 35.5 Å². The van der Waals surface area contributed by atoms with E-state index in [1.54, 1.807) is 6.07 Å². The van der Waals surface area contributed by atoms with Crippen molar-refractivity contribution in [1.82, 2.24) is 24.4 Å². The van der Waals surface area contributed by atoms with Gasteiger partial charge in [0.15, 0.2) is 5.03 Å². The topological polar surface area (TPSA) is 119 Å². The summed E-state index contributed by atoms with van der Waals surface area (Å²) in [7, 11) is 0.0948. The van der Waals surface area contributed by atoms with Crippen LogP contribution in [0.4, 0.5) is 10.2 Å². The second kappa shape index (κ2) is 9.50. The van der Waals surface area contributed by atoms with Crippen LogP contribution in [-0.4, -0.2) is 54.0 Å². The summed E-state index contributed by atoms with van der Waals surface area (Å²) in [6.45, 7) is 7.21. The van der Waals surface area contributed by atoms with Gasteiger partial charge in [0.2, 0.25) is 5.91 Å². The third-order valence-corrected chi connectivity index (χ3v) is 7.23. The van der Waals surface area contributed by atoms with Crippen LogP contribution in [0.2, 0.25) is 0 Å².